The van der Waals surface area contributed by atoms with Gasteiger partial charge in [0, 0.05) is 5.75 Å². The lowest BCUT2D eigenvalue weighted by Gasteiger charge is -2.10. The number of nitrogens with zero attached hydrogens (tertiary/aromatic N) is 2. The largest absolute Gasteiger partial charge is 0.476 e. The van der Waals surface area contributed by atoms with Gasteiger partial charge in [-0.05, 0) is 6.26 Å². The lowest BCUT2D eigenvalue weighted by Crippen LogP contribution is -2.27. The second kappa shape index (κ2) is 5.16. The molecule has 5 heteroatoms. The molecular formula is C7H13N3OS. The van der Waals surface area contributed by atoms with E-state index in [0.29, 0.717) is 19.0 Å². The summed E-state index contributed by atoms with van der Waals surface area (Å²) in [7, 11) is 0. The third-order valence-corrected chi connectivity index (χ3v) is 1.92. The van der Waals surface area contributed by atoms with Crippen LogP contribution in [0.4, 0.5) is 0 Å². The topological polar surface area (TPSA) is 60.0 Å². The van der Waals surface area contributed by atoms with Crippen molar-refractivity contribution in [2.45, 2.75) is 6.17 Å². The lowest BCUT2D eigenvalue weighted by molar-refractivity contribution is 0.335. The van der Waals surface area contributed by atoms with Gasteiger partial charge in [0.05, 0.1) is 19.4 Å². The molecule has 0 saturated carbocycles. The van der Waals surface area contributed by atoms with Crippen LogP contribution in [0.5, 0.6) is 0 Å². The molecule has 0 aromatic carbocycles. The molecule has 0 spiro atoms. The molecule has 12 heavy (non-hydrogen) atoms. The number of hydrogen-bond donors (Lipinski definition) is 1. The first-order valence-corrected chi connectivity index (χ1v) is 5.17. The highest BCUT2D eigenvalue weighted by molar-refractivity contribution is 7.98. The van der Waals surface area contributed by atoms with Crippen LogP contribution in [-0.4, -0.2) is 43.4 Å². The number of rotatable bonds is 3. The van der Waals surface area contributed by atoms with Crippen molar-refractivity contribution in [3.05, 3.63) is 0 Å². The number of aliphatic imine (C=N–C) groups is 2. The van der Waals surface area contributed by atoms with Gasteiger partial charge in [-0.15, -0.1) is 0 Å². The van der Waals surface area contributed by atoms with Crippen molar-refractivity contribution in [2.24, 2.45) is 15.7 Å². The van der Waals surface area contributed by atoms with Crippen molar-refractivity contribution in [2.75, 3.05) is 25.2 Å². The van der Waals surface area contributed by atoms with Crippen LogP contribution in [0.1, 0.15) is 0 Å². The molecule has 0 fully saturated rings. The number of ether oxygens (including phenoxy) is 1. The maximum Gasteiger partial charge on any atom is 0.227 e. The summed E-state index contributed by atoms with van der Waals surface area (Å²) < 4.78 is 5.30. The molecule has 1 unspecified atom stereocenters. The van der Waals surface area contributed by atoms with Crippen molar-refractivity contribution in [1.82, 2.24) is 0 Å². The zero-order valence-electron chi connectivity index (χ0n) is 7.06. The molecule has 0 bridgehead atoms. The minimum absolute atomic E-state index is 0.182. The highest BCUT2D eigenvalue weighted by Gasteiger charge is 2.05. The van der Waals surface area contributed by atoms with Gasteiger partial charge in [0.15, 0.2) is 0 Å². The Labute approximate surface area is 76.3 Å². The summed E-state index contributed by atoms with van der Waals surface area (Å²) in [6, 6.07) is 0. The lowest BCUT2D eigenvalue weighted by atomic mass is 10.5. The van der Waals surface area contributed by atoms with E-state index in [1.165, 1.54) is 0 Å². The zero-order chi connectivity index (χ0) is 8.81. The third-order valence-electron chi connectivity index (χ3n) is 1.35. The van der Waals surface area contributed by atoms with Gasteiger partial charge < -0.3 is 10.5 Å². The molecule has 4 nitrogen and oxygen atoms in total. The molecule has 0 radical (unpaired) electrons. The summed E-state index contributed by atoms with van der Waals surface area (Å²) in [4.78, 5) is 8.07. The van der Waals surface area contributed by atoms with Crippen molar-refractivity contribution >= 4 is 23.9 Å². The Bertz CT molecular complexity index is 193. The Hall–Kier alpha value is -0.550. The normalized spacial score (nSPS) is 22.2. The minimum atomic E-state index is -0.182. The van der Waals surface area contributed by atoms with Crippen molar-refractivity contribution in [1.29, 1.82) is 0 Å². The summed E-state index contributed by atoms with van der Waals surface area (Å²) >= 11 is 1.74. The van der Waals surface area contributed by atoms with E-state index in [-0.39, 0.29) is 6.17 Å². The van der Waals surface area contributed by atoms with Crippen LogP contribution in [0.2, 0.25) is 0 Å². The molecule has 68 valence electrons. The van der Waals surface area contributed by atoms with Crippen molar-refractivity contribution in [3.63, 3.8) is 0 Å². The molecule has 0 saturated heterocycles. The fourth-order valence-corrected chi connectivity index (χ4v) is 0.993. The Kier molecular flexibility index (Phi) is 4.10. The van der Waals surface area contributed by atoms with Crippen LogP contribution in [-0.2, 0) is 4.74 Å². The summed E-state index contributed by atoms with van der Waals surface area (Å²) in [6.07, 6.45) is 3.45. The van der Waals surface area contributed by atoms with E-state index in [4.69, 9.17) is 10.5 Å². The van der Waals surface area contributed by atoms with Gasteiger partial charge in [-0.25, -0.2) is 4.99 Å². The van der Waals surface area contributed by atoms with Crippen LogP contribution in [0.3, 0.4) is 0 Å². The maximum atomic E-state index is 5.49. The van der Waals surface area contributed by atoms with Crippen molar-refractivity contribution in [3.8, 4) is 0 Å². The molecule has 0 aromatic heterocycles. The molecular weight excluding hydrogens is 174 g/mol. The predicted octanol–water partition coefficient (Wildman–Crippen LogP) is 0.134. The van der Waals surface area contributed by atoms with Gasteiger partial charge in [0.25, 0.3) is 0 Å². The Morgan fingerprint density at radius 3 is 3.25 bits per heavy atom. The third kappa shape index (κ3) is 3.23. The standard InChI is InChI=1S/C7H13N3OS/c1-12-3-2-11-7-5-9-6(8)4-10-7/h5-6H,2-4,8H2,1H3. The summed E-state index contributed by atoms with van der Waals surface area (Å²) in [5, 5.41) is 0. The van der Waals surface area contributed by atoms with Gasteiger partial charge in [-0.3, -0.25) is 4.99 Å². The van der Waals surface area contributed by atoms with Gasteiger partial charge in [-0.1, -0.05) is 0 Å². The molecule has 1 heterocycles. The van der Waals surface area contributed by atoms with E-state index >= 15 is 0 Å². The molecule has 0 aromatic rings. The van der Waals surface area contributed by atoms with Gasteiger partial charge in [-0.2, -0.15) is 11.8 Å². The van der Waals surface area contributed by atoms with E-state index in [1.807, 2.05) is 6.26 Å². The van der Waals surface area contributed by atoms with Crippen LogP contribution in [0.15, 0.2) is 9.98 Å². The Balaban J connectivity index is 2.21. The second-order valence-electron chi connectivity index (χ2n) is 2.37. The molecule has 1 aliphatic heterocycles. The van der Waals surface area contributed by atoms with Crippen LogP contribution in [0.25, 0.3) is 0 Å². The summed E-state index contributed by atoms with van der Waals surface area (Å²) in [6.45, 7) is 1.21. The van der Waals surface area contributed by atoms with Gasteiger partial charge >= 0.3 is 0 Å². The zero-order valence-corrected chi connectivity index (χ0v) is 7.88. The summed E-state index contributed by atoms with van der Waals surface area (Å²) in [5.74, 6) is 1.57. The SMILES string of the molecule is CSCCOC1=NCC(N)N=C1. The van der Waals surface area contributed by atoms with E-state index in [2.05, 4.69) is 9.98 Å². The molecule has 0 aliphatic carbocycles. The van der Waals surface area contributed by atoms with Crippen LogP contribution in [0, 0.1) is 0 Å². The second-order valence-corrected chi connectivity index (χ2v) is 3.35. The molecule has 1 aliphatic rings. The number of hydrogen-bond acceptors (Lipinski definition) is 5. The molecule has 2 N–H and O–H groups in total. The summed E-state index contributed by atoms with van der Waals surface area (Å²) in [5.41, 5.74) is 5.49. The Morgan fingerprint density at radius 2 is 2.67 bits per heavy atom. The predicted molar refractivity (Wildman–Crippen MR) is 53.1 cm³/mol. The smallest absolute Gasteiger partial charge is 0.227 e. The average Bonchev–Trinajstić information content (AvgIpc) is 2.09. The number of nitrogens with two attached hydrogens (primary N) is 1. The fourth-order valence-electron chi connectivity index (χ4n) is 0.743. The van der Waals surface area contributed by atoms with Crippen molar-refractivity contribution < 1.29 is 4.74 Å². The average molecular weight is 187 g/mol. The first-order chi connectivity index (χ1) is 5.83. The first-order valence-electron chi connectivity index (χ1n) is 3.78. The van der Waals surface area contributed by atoms with E-state index in [1.54, 1.807) is 18.0 Å². The molecule has 1 rings (SSSR count). The molecule has 1 atom stereocenters. The minimum Gasteiger partial charge on any atom is -0.476 e. The van der Waals surface area contributed by atoms with Crippen LogP contribution < -0.4 is 5.73 Å². The van der Waals surface area contributed by atoms with Crippen LogP contribution >= 0.6 is 11.8 Å². The van der Waals surface area contributed by atoms with Gasteiger partial charge in [0.2, 0.25) is 5.90 Å². The molecule has 0 amide bonds. The van der Waals surface area contributed by atoms with E-state index in [0.717, 1.165) is 5.75 Å². The van der Waals surface area contributed by atoms with E-state index in [9.17, 15) is 0 Å². The highest BCUT2D eigenvalue weighted by atomic mass is 32.2. The Morgan fingerprint density at radius 1 is 1.83 bits per heavy atom. The monoisotopic (exact) mass is 187 g/mol. The van der Waals surface area contributed by atoms with Gasteiger partial charge in [0.1, 0.15) is 6.17 Å². The quantitative estimate of drug-likeness (QED) is 0.639. The fraction of sp³-hybridized carbons (Fsp3) is 0.714. The first kappa shape index (κ1) is 9.54. The maximum absolute atomic E-state index is 5.49. The highest BCUT2D eigenvalue weighted by Crippen LogP contribution is 1.95. The number of thioether (sulfide) groups is 1. The van der Waals surface area contributed by atoms with E-state index < -0.39 is 0 Å².